The number of alkyl halides is 3. The highest BCUT2D eigenvalue weighted by Crippen LogP contribution is 2.37. The Hall–Kier alpha value is -2.41. The summed E-state index contributed by atoms with van der Waals surface area (Å²) in [7, 11) is 0. The van der Waals surface area contributed by atoms with E-state index in [4.69, 9.17) is 11.6 Å². The Bertz CT molecular complexity index is 805. The number of aldehydes is 1. The molecule has 0 radical (unpaired) electrons. The van der Waals surface area contributed by atoms with E-state index in [1.54, 1.807) is 18.2 Å². The van der Waals surface area contributed by atoms with Crippen molar-refractivity contribution in [1.82, 2.24) is 4.98 Å². The number of nitrogens with zero attached hydrogens (tertiary/aromatic N) is 2. The number of carbonyl (C=O) groups is 1. The first-order valence-electron chi connectivity index (χ1n) is 6.51. The molecular formula is C15H9ClF3N3O. The number of carbonyl (C=O) groups excluding carboxylic acids is 1. The van der Waals surface area contributed by atoms with Gasteiger partial charge in [0.15, 0.2) is 0 Å². The van der Waals surface area contributed by atoms with Gasteiger partial charge in [-0.25, -0.2) is 0 Å². The standard InChI is InChI=1S/C15H9ClF3N3O/c16-11-4-9(15(17,18)19)5-21-14(11)8-1-2-12-13(3-8)22-10(7-23)6-20-12/h1-7,10,22H. The van der Waals surface area contributed by atoms with Gasteiger partial charge < -0.3 is 10.1 Å². The molecule has 0 fully saturated rings. The quantitative estimate of drug-likeness (QED) is 0.837. The van der Waals surface area contributed by atoms with Crippen molar-refractivity contribution in [3.05, 3.63) is 41.0 Å². The van der Waals surface area contributed by atoms with E-state index in [2.05, 4.69) is 15.3 Å². The molecule has 1 aliphatic rings. The monoisotopic (exact) mass is 339 g/mol. The van der Waals surface area contributed by atoms with Crippen LogP contribution in [0.5, 0.6) is 0 Å². The number of rotatable bonds is 2. The number of aliphatic imine (C=N–C) groups is 1. The van der Waals surface area contributed by atoms with Crippen LogP contribution in [-0.2, 0) is 11.0 Å². The molecule has 0 saturated heterocycles. The Morgan fingerprint density at radius 1 is 1.26 bits per heavy atom. The van der Waals surface area contributed by atoms with Gasteiger partial charge in [0.25, 0.3) is 0 Å². The fourth-order valence-corrected chi connectivity index (χ4v) is 2.44. The van der Waals surface area contributed by atoms with Crippen LogP contribution in [0, 0.1) is 0 Å². The molecular weight excluding hydrogens is 331 g/mol. The number of halogens is 4. The van der Waals surface area contributed by atoms with Gasteiger partial charge in [-0.1, -0.05) is 17.7 Å². The Labute approximate surface area is 134 Å². The van der Waals surface area contributed by atoms with Crippen LogP contribution < -0.4 is 5.32 Å². The molecule has 3 rings (SSSR count). The third kappa shape index (κ3) is 3.05. The van der Waals surface area contributed by atoms with Gasteiger partial charge in [-0.2, -0.15) is 13.2 Å². The fraction of sp³-hybridized carbons (Fsp3) is 0.133. The number of nitrogens with one attached hydrogen (secondary N) is 1. The zero-order valence-electron chi connectivity index (χ0n) is 11.4. The van der Waals surface area contributed by atoms with Crippen LogP contribution >= 0.6 is 11.6 Å². The molecule has 23 heavy (non-hydrogen) atoms. The maximum Gasteiger partial charge on any atom is 0.417 e. The highest BCUT2D eigenvalue weighted by Gasteiger charge is 2.31. The molecule has 8 heteroatoms. The molecule has 1 aromatic heterocycles. The zero-order chi connectivity index (χ0) is 16.6. The third-order valence-corrected chi connectivity index (χ3v) is 3.57. The van der Waals surface area contributed by atoms with Gasteiger partial charge in [-0.3, -0.25) is 9.98 Å². The number of benzene rings is 1. The van der Waals surface area contributed by atoms with Crippen LogP contribution in [0.1, 0.15) is 5.56 Å². The second-order valence-corrected chi connectivity index (χ2v) is 5.28. The van der Waals surface area contributed by atoms with Gasteiger partial charge in [0.05, 0.1) is 27.7 Å². The summed E-state index contributed by atoms with van der Waals surface area (Å²) in [5, 5.41) is 2.84. The van der Waals surface area contributed by atoms with Gasteiger partial charge in [-0.05, 0) is 18.2 Å². The maximum atomic E-state index is 12.7. The Balaban J connectivity index is 2.00. The van der Waals surface area contributed by atoms with E-state index < -0.39 is 17.8 Å². The van der Waals surface area contributed by atoms with Gasteiger partial charge in [0.2, 0.25) is 0 Å². The van der Waals surface area contributed by atoms with E-state index in [1.807, 2.05) is 0 Å². The van der Waals surface area contributed by atoms with Crippen molar-refractivity contribution < 1.29 is 18.0 Å². The summed E-state index contributed by atoms with van der Waals surface area (Å²) in [6, 6.07) is 5.26. The molecule has 2 aromatic rings. The molecule has 0 saturated carbocycles. The second-order valence-electron chi connectivity index (χ2n) is 4.87. The van der Waals surface area contributed by atoms with Gasteiger partial charge in [0.1, 0.15) is 12.3 Å². The molecule has 1 aromatic carbocycles. The lowest BCUT2D eigenvalue weighted by Gasteiger charge is -2.18. The Kier molecular flexibility index (Phi) is 3.81. The summed E-state index contributed by atoms with van der Waals surface area (Å²) in [5.74, 6) is 0. The highest BCUT2D eigenvalue weighted by molar-refractivity contribution is 6.33. The van der Waals surface area contributed by atoms with E-state index in [9.17, 15) is 18.0 Å². The minimum Gasteiger partial charge on any atom is -0.369 e. The molecule has 0 amide bonds. The average Bonchev–Trinajstić information content (AvgIpc) is 2.52. The fourth-order valence-electron chi connectivity index (χ4n) is 2.16. The summed E-state index contributed by atoms with van der Waals surface area (Å²) >= 11 is 5.94. The molecule has 1 N–H and O–H groups in total. The van der Waals surface area contributed by atoms with Gasteiger partial charge in [-0.15, -0.1) is 0 Å². The summed E-state index contributed by atoms with van der Waals surface area (Å²) in [6.07, 6.45) is -1.60. The molecule has 0 spiro atoms. The first-order chi connectivity index (χ1) is 10.9. The molecule has 2 heterocycles. The first-order valence-corrected chi connectivity index (χ1v) is 6.89. The number of hydrogen-bond donors (Lipinski definition) is 1. The van der Waals surface area contributed by atoms with E-state index in [0.717, 1.165) is 12.3 Å². The van der Waals surface area contributed by atoms with Gasteiger partial charge in [0, 0.05) is 18.0 Å². The van der Waals surface area contributed by atoms with E-state index >= 15 is 0 Å². The van der Waals surface area contributed by atoms with Crippen LogP contribution in [0.4, 0.5) is 24.5 Å². The summed E-state index contributed by atoms with van der Waals surface area (Å²) in [4.78, 5) is 18.8. The van der Waals surface area contributed by atoms with Crippen LogP contribution in [0.2, 0.25) is 5.02 Å². The molecule has 0 bridgehead atoms. The number of fused-ring (bicyclic) bond motifs is 1. The second kappa shape index (κ2) is 5.66. The molecule has 118 valence electrons. The SMILES string of the molecule is O=CC1C=Nc2ccc(-c3ncc(C(F)(F)F)cc3Cl)cc2N1. The number of pyridine rings is 1. The topological polar surface area (TPSA) is 54.4 Å². The molecule has 1 aliphatic heterocycles. The summed E-state index contributed by atoms with van der Waals surface area (Å²) in [6.45, 7) is 0. The van der Waals surface area contributed by atoms with Crippen molar-refractivity contribution in [2.75, 3.05) is 5.32 Å². The Morgan fingerprint density at radius 3 is 2.70 bits per heavy atom. The van der Waals surface area contributed by atoms with E-state index in [-0.39, 0.29) is 10.7 Å². The molecule has 1 unspecified atom stereocenters. The first kappa shape index (κ1) is 15.5. The smallest absolute Gasteiger partial charge is 0.369 e. The lowest BCUT2D eigenvalue weighted by molar-refractivity contribution is -0.137. The predicted molar refractivity (Wildman–Crippen MR) is 81.3 cm³/mol. The number of anilines is 1. The van der Waals surface area contributed by atoms with E-state index in [0.29, 0.717) is 23.2 Å². The lowest BCUT2D eigenvalue weighted by atomic mass is 10.1. The minimum absolute atomic E-state index is 0.106. The highest BCUT2D eigenvalue weighted by atomic mass is 35.5. The summed E-state index contributed by atoms with van der Waals surface area (Å²) < 4.78 is 38.0. The summed E-state index contributed by atoms with van der Waals surface area (Å²) in [5.41, 5.74) is 1.04. The minimum atomic E-state index is -4.50. The van der Waals surface area contributed by atoms with Crippen molar-refractivity contribution in [3.8, 4) is 11.3 Å². The van der Waals surface area contributed by atoms with Gasteiger partial charge >= 0.3 is 6.18 Å². The normalized spacial score (nSPS) is 16.6. The van der Waals surface area contributed by atoms with Crippen molar-refractivity contribution in [3.63, 3.8) is 0 Å². The molecule has 4 nitrogen and oxygen atoms in total. The average molecular weight is 340 g/mol. The van der Waals surface area contributed by atoms with Crippen molar-refractivity contribution >= 4 is 35.5 Å². The zero-order valence-corrected chi connectivity index (χ0v) is 12.2. The predicted octanol–water partition coefficient (Wildman–Crippen LogP) is 4.12. The molecule has 0 aliphatic carbocycles. The third-order valence-electron chi connectivity index (χ3n) is 3.28. The largest absolute Gasteiger partial charge is 0.417 e. The Morgan fingerprint density at radius 2 is 2.04 bits per heavy atom. The van der Waals surface area contributed by atoms with Crippen molar-refractivity contribution in [1.29, 1.82) is 0 Å². The maximum absolute atomic E-state index is 12.7. The van der Waals surface area contributed by atoms with E-state index in [1.165, 1.54) is 6.21 Å². The van der Waals surface area contributed by atoms with Crippen molar-refractivity contribution in [2.24, 2.45) is 4.99 Å². The van der Waals surface area contributed by atoms with Crippen LogP contribution in [0.3, 0.4) is 0 Å². The van der Waals surface area contributed by atoms with Crippen LogP contribution in [-0.4, -0.2) is 23.5 Å². The number of aromatic nitrogens is 1. The van der Waals surface area contributed by atoms with Crippen molar-refractivity contribution in [2.45, 2.75) is 12.2 Å². The number of hydrogen-bond acceptors (Lipinski definition) is 4. The van der Waals surface area contributed by atoms with Crippen LogP contribution in [0.15, 0.2) is 35.5 Å². The van der Waals surface area contributed by atoms with Crippen LogP contribution in [0.25, 0.3) is 11.3 Å². The molecule has 1 atom stereocenters. The lowest BCUT2D eigenvalue weighted by Crippen LogP contribution is -2.24.